The van der Waals surface area contributed by atoms with Gasteiger partial charge in [-0.15, -0.1) is 0 Å². The van der Waals surface area contributed by atoms with E-state index >= 15 is 0 Å². The molecule has 4 N–H and O–H groups in total. The highest BCUT2D eigenvalue weighted by molar-refractivity contribution is 5.87. The third-order valence-corrected chi connectivity index (χ3v) is 6.98. The SMILES string of the molecule is COc1cc(C=CC(=O)OCC2OC(COC(C)=O)(OC3OC(COC(C)=O)C(OC(C)=O)C(O)C3OC(C)=O)C(O)C2O)ccc1O. The number of aliphatic hydroxyl groups excluding tert-OH is 3. The normalized spacial score (nSPS) is 29.9. The molecule has 0 radical (unpaired) electrons. The average Bonchev–Trinajstić information content (AvgIpc) is 3.25. The van der Waals surface area contributed by atoms with Gasteiger partial charge in [0.15, 0.2) is 23.7 Å². The fourth-order valence-corrected chi connectivity index (χ4v) is 4.79. The number of benzene rings is 1. The number of aliphatic hydroxyl groups is 3. The Morgan fingerprint density at radius 1 is 0.833 bits per heavy atom. The predicted molar refractivity (Wildman–Crippen MR) is 154 cm³/mol. The first kappa shape index (κ1) is 38.1. The topological polar surface area (TPSA) is 249 Å². The molecule has 9 atom stereocenters. The van der Waals surface area contributed by atoms with Gasteiger partial charge in [0, 0.05) is 33.8 Å². The molecule has 0 amide bonds. The summed E-state index contributed by atoms with van der Waals surface area (Å²) in [4.78, 5) is 59.5. The fourth-order valence-electron chi connectivity index (χ4n) is 4.79. The van der Waals surface area contributed by atoms with Crippen LogP contribution in [0.2, 0.25) is 0 Å². The maximum atomic E-state index is 12.5. The summed E-state index contributed by atoms with van der Waals surface area (Å²) in [6.07, 6.45) is -11.4. The summed E-state index contributed by atoms with van der Waals surface area (Å²) in [5.74, 6) is -6.76. The lowest BCUT2D eigenvalue weighted by Crippen LogP contribution is -2.64. The molecule has 2 heterocycles. The lowest BCUT2D eigenvalue weighted by molar-refractivity contribution is -0.384. The number of methoxy groups -OCH3 is 1. The first-order chi connectivity index (χ1) is 22.6. The van der Waals surface area contributed by atoms with E-state index in [4.69, 9.17) is 42.6 Å². The van der Waals surface area contributed by atoms with Crippen molar-refractivity contribution in [1.82, 2.24) is 0 Å². The van der Waals surface area contributed by atoms with Crippen LogP contribution in [-0.4, -0.2) is 132 Å². The molecule has 3 rings (SSSR count). The molecule has 266 valence electrons. The average molecular weight is 687 g/mol. The van der Waals surface area contributed by atoms with Crippen molar-refractivity contribution in [1.29, 1.82) is 0 Å². The summed E-state index contributed by atoms with van der Waals surface area (Å²) < 4.78 is 48.0. The summed E-state index contributed by atoms with van der Waals surface area (Å²) in [6.45, 7) is 2.01. The van der Waals surface area contributed by atoms with Crippen LogP contribution in [-0.2, 0) is 61.9 Å². The molecule has 48 heavy (non-hydrogen) atoms. The molecule has 2 aliphatic heterocycles. The highest BCUT2D eigenvalue weighted by atomic mass is 16.8. The zero-order valence-corrected chi connectivity index (χ0v) is 26.6. The van der Waals surface area contributed by atoms with Gasteiger partial charge in [-0.2, -0.15) is 0 Å². The number of hydrogen-bond acceptors (Lipinski definition) is 18. The molecule has 9 unspecified atom stereocenters. The van der Waals surface area contributed by atoms with Crippen LogP contribution in [0.5, 0.6) is 11.5 Å². The first-order valence-corrected chi connectivity index (χ1v) is 14.4. The summed E-state index contributed by atoms with van der Waals surface area (Å²) in [6, 6.07) is 4.31. The zero-order chi connectivity index (χ0) is 35.8. The molecule has 0 saturated carbocycles. The van der Waals surface area contributed by atoms with Gasteiger partial charge in [-0.05, 0) is 23.8 Å². The van der Waals surface area contributed by atoms with Crippen LogP contribution in [0.1, 0.15) is 33.3 Å². The van der Waals surface area contributed by atoms with Crippen molar-refractivity contribution < 1.29 is 87.0 Å². The molecule has 1 aromatic carbocycles. The molecule has 2 aliphatic rings. The lowest BCUT2D eigenvalue weighted by Gasteiger charge is -2.45. The van der Waals surface area contributed by atoms with Gasteiger partial charge in [0.25, 0.3) is 0 Å². The molecule has 1 aromatic rings. The lowest BCUT2D eigenvalue weighted by atomic mass is 9.98. The van der Waals surface area contributed by atoms with E-state index in [0.29, 0.717) is 5.56 Å². The maximum absolute atomic E-state index is 12.5. The van der Waals surface area contributed by atoms with Gasteiger partial charge in [-0.25, -0.2) is 4.79 Å². The van der Waals surface area contributed by atoms with Gasteiger partial charge < -0.3 is 63.1 Å². The van der Waals surface area contributed by atoms with Crippen molar-refractivity contribution >= 4 is 35.9 Å². The third kappa shape index (κ3) is 9.85. The highest BCUT2D eigenvalue weighted by Gasteiger charge is 2.61. The second kappa shape index (κ2) is 16.7. The van der Waals surface area contributed by atoms with E-state index in [1.54, 1.807) is 0 Å². The summed E-state index contributed by atoms with van der Waals surface area (Å²) >= 11 is 0. The minimum atomic E-state index is -2.48. The molecule has 18 nitrogen and oxygen atoms in total. The smallest absolute Gasteiger partial charge is 0.330 e. The quantitative estimate of drug-likeness (QED) is 0.109. The van der Waals surface area contributed by atoms with Crippen molar-refractivity contribution in [3.05, 3.63) is 29.8 Å². The van der Waals surface area contributed by atoms with E-state index in [2.05, 4.69) is 0 Å². The van der Waals surface area contributed by atoms with E-state index in [1.165, 1.54) is 31.4 Å². The van der Waals surface area contributed by atoms with Crippen molar-refractivity contribution in [2.45, 2.75) is 82.5 Å². The monoisotopic (exact) mass is 686 g/mol. The predicted octanol–water partition coefficient (Wildman–Crippen LogP) is -1.13. The third-order valence-electron chi connectivity index (χ3n) is 6.98. The Morgan fingerprint density at radius 2 is 1.46 bits per heavy atom. The van der Waals surface area contributed by atoms with Gasteiger partial charge in [0.1, 0.15) is 50.3 Å². The number of carbonyl (C=O) groups excluding carboxylic acids is 5. The van der Waals surface area contributed by atoms with Crippen molar-refractivity contribution in [3.63, 3.8) is 0 Å². The van der Waals surface area contributed by atoms with E-state index in [0.717, 1.165) is 33.8 Å². The Bertz CT molecular complexity index is 1360. The Balaban J connectivity index is 1.85. The number of rotatable bonds is 13. The Kier molecular flexibility index (Phi) is 13.2. The molecule has 2 fully saturated rings. The number of phenolic OH excluding ortho intramolecular Hbond substituents is 1. The number of ether oxygens (including phenoxy) is 9. The standard InChI is InChI=1S/C30H38O18/c1-14(31)41-12-22-26(44-16(3)33)25(38)27(45-17(4)34)29(46-22)48-30(13-43-15(2)32)28(39)24(37)21(47-30)11-42-23(36)9-7-18-6-8-19(35)20(10-18)40-5/h6-10,21-22,24-29,35,37-39H,11-13H2,1-5H3. The van der Waals surface area contributed by atoms with Gasteiger partial charge in [-0.1, -0.05) is 6.07 Å². The summed E-state index contributed by atoms with van der Waals surface area (Å²) in [7, 11) is 1.35. The van der Waals surface area contributed by atoms with Crippen LogP contribution in [0.15, 0.2) is 24.3 Å². The van der Waals surface area contributed by atoms with Gasteiger partial charge in [0.05, 0.1) is 7.11 Å². The van der Waals surface area contributed by atoms with Gasteiger partial charge in [-0.3, -0.25) is 19.2 Å². The van der Waals surface area contributed by atoms with Crippen molar-refractivity contribution in [2.75, 3.05) is 26.9 Å². The van der Waals surface area contributed by atoms with Gasteiger partial charge >= 0.3 is 29.8 Å². The molecule has 2 saturated heterocycles. The van der Waals surface area contributed by atoms with Crippen molar-refractivity contribution in [2.24, 2.45) is 0 Å². The maximum Gasteiger partial charge on any atom is 0.330 e. The Morgan fingerprint density at radius 3 is 2.06 bits per heavy atom. The molecule has 0 bridgehead atoms. The van der Waals surface area contributed by atoms with Crippen LogP contribution in [0, 0.1) is 0 Å². The van der Waals surface area contributed by atoms with E-state index in [9.17, 15) is 44.4 Å². The van der Waals surface area contributed by atoms with Crippen LogP contribution >= 0.6 is 0 Å². The van der Waals surface area contributed by atoms with Gasteiger partial charge in [0.2, 0.25) is 12.1 Å². The van der Waals surface area contributed by atoms with Crippen LogP contribution < -0.4 is 4.74 Å². The molecular formula is C30H38O18. The minimum absolute atomic E-state index is 0.112. The second-order valence-corrected chi connectivity index (χ2v) is 10.7. The zero-order valence-electron chi connectivity index (χ0n) is 26.6. The molecule has 0 spiro atoms. The first-order valence-electron chi connectivity index (χ1n) is 14.4. The minimum Gasteiger partial charge on any atom is -0.504 e. The highest BCUT2D eigenvalue weighted by Crippen LogP contribution is 2.38. The Hall–Kier alpha value is -4.33. The molecule has 18 heteroatoms. The number of esters is 5. The van der Waals surface area contributed by atoms with E-state index in [1.807, 2.05) is 0 Å². The number of carbonyl (C=O) groups is 5. The molecule has 0 aromatic heterocycles. The van der Waals surface area contributed by atoms with Crippen LogP contribution in [0.4, 0.5) is 0 Å². The summed E-state index contributed by atoms with van der Waals surface area (Å²) in [5, 5.41) is 42.8. The molecule has 0 aliphatic carbocycles. The van der Waals surface area contributed by atoms with E-state index < -0.39 is 104 Å². The molecular weight excluding hydrogens is 648 g/mol. The summed E-state index contributed by atoms with van der Waals surface area (Å²) in [5.41, 5.74) is 0.475. The van der Waals surface area contributed by atoms with Crippen molar-refractivity contribution in [3.8, 4) is 11.5 Å². The number of hydrogen-bond donors (Lipinski definition) is 4. The largest absolute Gasteiger partial charge is 0.504 e. The van der Waals surface area contributed by atoms with Crippen LogP contribution in [0.3, 0.4) is 0 Å². The number of aromatic hydroxyl groups is 1. The van der Waals surface area contributed by atoms with Crippen LogP contribution in [0.25, 0.3) is 6.08 Å². The fraction of sp³-hybridized carbons (Fsp3) is 0.567. The number of phenols is 1. The second-order valence-electron chi connectivity index (χ2n) is 10.7. The Labute approximate surface area is 273 Å². The van der Waals surface area contributed by atoms with E-state index in [-0.39, 0.29) is 11.5 Å².